The first-order valence-electron chi connectivity index (χ1n) is 5.16. The van der Waals surface area contributed by atoms with Crippen molar-refractivity contribution in [2.45, 2.75) is 20.8 Å². The van der Waals surface area contributed by atoms with Crippen molar-refractivity contribution in [1.82, 2.24) is 19.7 Å². The second-order valence-corrected chi connectivity index (χ2v) is 4.20. The lowest BCUT2D eigenvalue weighted by molar-refractivity contribution is 0.412. The van der Waals surface area contributed by atoms with Gasteiger partial charge in [0.1, 0.15) is 0 Å². The molecule has 0 saturated heterocycles. The molecule has 0 amide bonds. The van der Waals surface area contributed by atoms with Gasteiger partial charge in [0.15, 0.2) is 5.15 Å². The second kappa shape index (κ2) is 4.33. The van der Waals surface area contributed by atoms with Crippen molar-refractivity contribution in [1.29, 1.82) is 0 Å². The van der Waals surface area contributed by atoms with Crippen LogP contribution in [0.25, 0.3) is 0 Å². The summed E-state index contributed by atoms with van der Waals surface area (Å²) in [5.41, 5.74) is 2.46. The third kappa shape index (κ3) is 2.39. The van der Waals surface area contributed by atoms with Gasteiger partial charge in [-0.1, -0.05) is 11.6 Å². The van der Waals surface area contributed by atoms with Gasteiger partial charge < -0.3 is 4.74 Å². The van der Waals surface area contributed by atoms with Crippen molar-refractivity contribution in [3.05, 3.63) is 28.3 Å². The predicted octanol–water partition coefficient (Wildman–Crippen LogP) is 2.58. The van der Waals surface area contributed by atoms with Crippen LogP contribution < -0.4 is 4.74 Å². The lowest BCUT2D eigenvalue weighted by atomic mass is 10.3. The summed E-state index contributed by atoms with van der Waals surface area (Å²) in [4.78, 5) is 8.41. The molecule has 0 radical (unpaired) electrons. The molecule has 0 N–H and O–H groups in total. The molecule has 0 bridgehead atoms. The first-order valence-corrected chi connectivity index (χ1v) is 5.54. The van der Waals surface area contributed by atoms with Crippen molar-refractivity contribution in [2.75, 3.05) is 0 Å². The van der Waals surface area contributed by atoms with Crippen molar-refractivity contribution in [2.24, 2.45) is 7.05 Å². The summed E-state index contributed by atoms with van der Waals surface area (Å²) in [5.74, 6) is 0.889. The van der Waals surface area contributed by atoms with E-state index < -0.39 is 0 Å². The molecule has 0 fully saturated rings. The Kier molecular flexibility index (Phi) is 3.02. The third-order valence-electron chi connectivity index (χ3n) is 2.40. The van der Waals surface area contributed by atoms with E-state index in [1.807, 2.05) is 26.8 Å². The van der Waals surface area contributed by atoms with Gasteiger partial charge in [-0.25, -0.2) is 14.6 Å². The van der Waals surface area contributed by atoms with E-state index in [1.54, 1.807) is 11.7 Å². The monoisotopic (exact) mass is 252 g/mol. The normalized spacial score (nSPS) is 10.6. The standard InChI is InChI=1S/C11H13ClN4O/c1-6-5-9(16(4)15-6)17-11-10(12)13-7(2)8(3)14-11/h5H,1-4H3. The van der Waals surface area contributed by atoms with Gasteiger partial charge in [0.25, 0.3) is 5.88 Å². The fourth-order valence-electron chi connectivity index (χ4n) is 1.40. The van der Waals surface area contributed by atoms with E-state index in [0.29, 0.717) is 11.8 Å². The van der Waals surface area contributed by atoms with Gasteiger partial charge in [-0.2, -0.15) is 5.10 Å². The Labute approximate surface area is 104 Å². The van der Waals surface area contributed by atoms with Crippen LogP contribution in [0, 0.1) is 20.8 Å². The highest BCUT2D eigenvalue weighted by Crippen LogP contribution is 2.26. The van der Waals surface area contributed by atoms with Crippen LogP contribution in [0.4, 0.5) is 0 Å². The minimum atomic E-state index is 0.256. The smallest absolute Gasteiger partial charge is 0.259 e. The van der Waals surface area contributed by atoms with Crippen LogP contribution in [0.2, 0.25) is 5.15 Å². The highest BCUT2D eigenvalue weighted by molar-refractivity contribution is 6.30. The van der Waals surface area contributed by atoms with E-state index in [9.17, 15) is 0 Å². The molecule has 0 aliphatic rings. The van der Waals surface area contributed by atoms with E-state index >= 15 is 0 Å². The summed E-state index contributed by atoms with van der Waals surface area (Å²) >= 11 is 5.98. The number of ether oxygens (including phenoxy) is 1. The molecule has 0 unspecified atom stereocenters. The molecule has 0 spiro atoms. The molecule has 0 saturated carbocycles. The van der Waals surface area contributed by atoms with Crippen molar-refractivity contribution >= 4 is 11.6 Å². The maximum Gasteiger partial charge on any atom is 0.259 e. The lowest BCUT2D eigenvalue weighted by Gasteiger charge is -2.07. The van der Waals surface area contributed by atoms with Gasteiger partial charge in [-0.15, -0.1) is 0 Å². The minimum Gasteiger partial charge on any atom is -0.418 e. The Bertz CT molecular complexity index is 565. The maximum absolute atomic E-state index is 5.98. The SMILES string of the molecule is Cc1cc(Oc2nc(C)c(C)nc2Cl)n(C)n1. The number of aryl methyl sites for hydroxylation is 4. The molecule has 0 atom stereocenters. The number of nitrogens with zero attached hydrogens (tertiary/aromatic N) is 4. The average molecular weight is 253 g/mol. The van der Waals surface area contributed by atoms with E-state index in [4.69, 9.17) is 16.3 Å². The summed E-state index contributed by atoms with van der Waals surface area (Å²) < 4.78 is 7.22. The van der Waals surface area contributed by atoms with Crippen molar-refractivity contribution in [3.8, 4) is 11.8 Å². The lowest BCUT2D eigenvalue weighted by Crippen LogP contribution is -2.00. The summed E-state index contributed by atoms with van der Waals surface area (Å²) in [6, 6.07) is 1.81. The van der Waals surface area contributed by atoms with Crippen LogP contribution in [0.1, 0.15) is 17.1 Å². The number of aromatic nitrogens is 4. The molecule has 0 aromatic carbocycles. The molecule has 90 valence electrons. The summed E-state index contributed by atoms with van der Waals surface area (Å²) in [7, 11) is 1.80. The largest absolute Gasteiger partial charge is 0.418 e. The topological polar surface area (TPSA) is 52.8 Å². The Hall–Kier alpha value is -1.62. The van der Waals surface area contributed by atoms with Crippen LogP contribution in [0.5, 0.6) is 11.8 Å². The van der Waals surface area contributed by atoms with Crippen LogP contribution >= 0.6 is 11.6 Å². The van der Waals surface area contributed by atoms with Gasteiger partial charge in [0.2, 0.25) is 5.88 Å². The van der Waals surface area contributed by atoms with Gasteiger partial charge in [0.05, 0.1) is 17.1 Å². The Balaban J connectivity index is 2.36. The van der Waals surface area contributed by atoms with Crippen LogP contribution in [-0.4, -0.2) is 19.7 Å². The average Bonchev–Trinajstić information content (AvgIpc) is 2.54. The van der Waals surface area contributed by atoms with Gasteiger partial charge in [-0.05, 0) is 20.8 Å². The number of halogens is 1. The van der Waals surface area contributed by atoms with Crippen LogP contribution in [-0.2, 0) is 7.05 Å². The molecule has 2 aromatic heterocycles. The summed E-state index contributed by atoms with van der Waals surface area (Å²) in [6.45, 7) is 5.60. The minimum absolute atomic E-state index is 0.256. The Morgan fingerprint density at radius 1 is 1.18 bits per heavy atom. The Morgan fingerprint density at radius 3 is 2.41 bits per heavy atom. The van der Waals surface area contributed by atoms with E-state index in [-0.39, 0.29) is 5.15 Å². The molecule has 5 nitrogen and oxygen atoms in total. The first-order chi connectivity index (χ1) is 7.97. The van der Waals surface area contributed by atoms with Gasteiger partial charge in [-0.3, -0.25) is 0 Å². The van der Waals surface area contributed by atoms with Gasteiger partial charge >= 0.3 is 0 Å². The van der Waals surface area contributed by atoms with Crippen LogP contribution in [0.15, 0.2) is 6.07 Å². The van der Waals surface area contributed by atoms with E-state index in [0.717, 1.165) is 17.1 Å². The summed E-state index contributed by atoms with van der Waals surface area (Å²) in [6.07, 6.45) is 0. The highest BCUT2D eigenvalue weighted by Gasteiger charge is 2.12. The second-order valence-electron chi connectivity index (χ2n) is 3.84. The zero-order valence-electron chi connectivity index (χ0n) is 10.2. The number of hydrogen-bond donors (Lipinski definition) is 0. The van der Waals surface area contributed by atoms with Crippen LogP contribution in [0.3, 0.4) is 0 Å². The molecule has 0 aliphatic carbocycles. The third-order valence-corrected chi connectivity index (χ3v) is 2.64. The molecule has 6 heteroatoms. The van der Waals surface area contributed by atoms with Crippen molar-refractivity contribution < 1.29 is 4.74 Å². The quantitative estimate of drug-likeness (QED) is 0.824. The molecule has 0 aliphatic heterocycles. The maximum atomic E-state index is 5.98. The first kappa shape index (κ1) is 11.9. The molecule has 2 rings (SSSR count). The fourth-order valence-corrected chi connectivity index (χ4v) is 1.61. The van der Waals surface area contributed by atoms with E-state index in [1.165, 1.54) is 0 Å². The van der Waals surface area contributed by atoms with E-state index in [2.05, 4.69) is 15.1 Å². The predicted molar refractivity (Wildman–Crippen MR) is 64.5 cm³/mol. The molecule has 17 heavy (non-hydrogen) atoms. The summed E-state index contributed by atoms with van der Waals surface area (Å²) in [5, 5.41) is 4.43. The van der Waals surface area contributed by atoms with Crippen molar-refractivity contribution in [3.63, 3.8) is 0 Å². The zero-order valence-corrected chi connectivity index (χ0v) is 10.9. The molecular weight excluding hydrogens is 240 g/mol. The molecule has 2 aromatic rings. The Morgan fingerprint density at radius 2 is 1.82 bits per heavy atom. The zero-order chi connectivity index (χ0) is 12.6. The molecular formula is C11H13ClN4O. The number of rotatable bonds is 2. The highest BCUT2D eigenvalue weighted by atomic mass is 35.5. The molecule has 2 heterocycles. The fraction of sp³-hybridized carbons (Fsp3) is 0.364. The number of hydrogen-bond acceptors (Lipinski definition) is 4. The van der Waals surface area contributed by atoms with Gasteiger partial charge in [0, 0.05) is 13.1 Å².